The number of rotatable bonds is 4. The number of hydrogen-bond acceptors (Lipinski definition) is 2. The van der Waals surface area contributed by atoms with Crippen molar-refractivity contribution in [1.29, 1.82) is 0 Å². The highest BCUT2D eigenvalue weighted by Gasteiger charge is 2.13. The highest BCUT2D eigenvalue weighted by Crippen LogP contribution is 2.15. The monoisotopic (exact) mass is 284 g/mol. The Labute approximate surface area is 102 Å². The number of carbonyl (C=O) groups excluding carboxylic acids is 2. The van der Waals surface area contributed by atoms with Crippen LogP contribution in [0.25, 0.3) is 0 Å². The van der Waals surface area contributed by atoms with Gasteiger partial charge in [0.15, 0.2) is 0 Å². The lowest BCUT2D eigenvalue weighted by Crippen LogP contribution is -2.35. The Balaban J connectivity index is 2.66. The van der Waals surface area contributed by atoms with Gasteiger partial charge in [-0.3, -0.25) is 9.59 Å². The van der Waals surface area contributed by atoms with Gasteiger partial charge in [0, 0.05) is 16.9 Å². The van der Waals surface area contributed by atoms with Crippen LogP contribution in [0.15, 0.2) is 28.7 Å². The van der Waals surface area contributed by atoms with Crippen molar-refractivity contribution in [2.24, 2.45) is 5.73 Å². The van der Waals surface area contributed by atoms with E-state index < -0.39 is 5.91 Å². The SMILES string of the molecule is CC(CC(N)=O)NC(=O)c1ccccc1Br. The summed E-state index contributed by atoms with van der Waals surface area (Å²) in [5.74, 6) is -0.652. The quantitative estimate of drug-likeness (QED) is 0.878. The summed E-state index contributed by atoms with van der Waals surface area (Å²) >= 11 is 3.29. The fourth-order valence-electron chi connectivity index (χ4n) is 1.30. The Bertz CT molecular complexity index is 407. The summed E-state index contributed by atoms with van der Waals surface area (Å²) in [6.45, 7) is 1.74. The van der Waals surface area contributed by atoms with Crippen LogP contribution < -0.4 is 11.1 Å². The Morgan fingerprint density at radius 1 is 1.44 bits per heavy atom. The number of primary amides is 1. The molecule has 0 aliphatic carbocycles. The molecule has 1 atom stereocenters. The van der Waals surface area contributed by atoms with Crippen LogP contribution in [0.1, 0.15) is 23.7 Å². The van der Waals surface area contributed by atoms with Gasteiger partial charge in [0.25, 0.3) is 5.91 Å². The summed E-state index contributed by atoms with van der Waals surface area (Å²) in [6.07, 6.45) is 0.135. The predicted octanol–water partition coefficient (Wildman–Crippen LogP) is 1.44. The van der Waals surface area contributed by atoms with Gasteiger partial charge in [-0.2, -0.15) is 0 Å². The fraction of sp³-hybridized carbons (Fsp3) is 0.273. The first kappa shape index (κ1) is 12.7. The number of carbonyl (C=O) groups is 2. The van der Waals surface area contributed by atoms with E-state index in [1.165, 1.54) is 0 Å². The zero-order valence-corrected chi connectivity index (χ0v) is 10.5. The maximum Gasteiger partial charge on any atom is 0.252 e. The molecule has 0 saturated carbocycles. The second-order valence-corrected chi connectivity index (χ2v) is 4.38. The van der Waals surface area contributed by atoms with Crippen molar-refractivity contribution < 1.29 is 9.59 Å². The molecule has 0 aliphatic heterocycles. The molecule has 2 amide bonds. The van der Waals surface area contributed by atoms with Crippen LogP contribution >= 0.6 is 15.9 Å². The lowest BCUT2D eigenvalue weighted by Gasteiger charge is -2.12. The van der Waals surface area contributed by atoms with Crippen LogP contribution in [-0.4, -0.2) is 17.9 Å². The van der Waals surface area contributed by atoms with E-state index in [0.717, 1.165) is 4.47 Å². The lowest BCUT2D eigenvalue weighted by atomic mass is 10.2. The highest BCUT2D eigenvalue weighted by molar-refractivity contribution is 9.10. The van der Waals surface area contributed by atoms with E-state index >= 15 is 0 Å². The first-order valence-corrected chi connectivity index (χ1v) is 5.63. The van der Waals surface area contributed by atoms with Crippen molar-refractivity contribution in [2.75, 3.05) is 0 Å². The zero-order chi connectivity index (χ0) is 12.1. The molecular weight excluding hydrogens is 272 g/mol. The molecule has 0 bridgehead atoms. The highest BCUT2D eigenvalue weighted by atomic mass is 79.9. The lowest BCUT2D eigenvalue weighted by molar-refractivity contribution is -0.118. The van der Waals surface area contributed by atoms with Crippen LogP contribution in [0, 0.1) is 0 Å². The Morgan fingerprint density at radius 3 is 2.62 bits per heavy atom. The smallest absolute Gasteiger partial charge is 0.252 e. The molecule has 16 heavy (non-hydrogen) atoms. The molecule has 0 fully saturated rings. The Hall–Kier alpha value is -1.36. The maximum atomic E-state index is 11.8. The van der Waals surface area contributed by atoms with Crippen LogP contribution in [0.5, 0.6) is 0 Å². The van der Waals surface area contributed by atoms with Crippen molar-refractivity contribution >= 4 is 27.7 Å². The minimum absolute atomic E-state index is 0.135. The molecule has 1 aromatic rings. The number of nitrogens with two attached hydrogens (primary N) is 1. The van der Waals surface area contributed by atoms with E-state index in [-0.39, 0.29) is 18.4 Å². The maximum absolute atomic E-state index is 11.8. The Kier molecular flexibility index (Phi) is 4.49. The van der Waals surface area contributed by atoms with Crippen molar-refractivity contribution in [3.05, 3.63) is 34.3 Å². The van der Waals surface area contributed by atoms with Crippen molar-refractivity contribution in [3.63, 3.8) is 0 Å². The average Bonchev–Trinajstić information content (AvgIpc) is 2.16. The van der Waals surface area contributed by atoms with Gasteiger partial charge in [-0.1, -0.05) is 12.1 Å². The topological polar surface area (TPSA) is 72.2 Å². The summed E-state index contributed by atoms with van der Waals surface area (Å²) in [6, 6.07) is 6.83. The first-order valence-electron chi connectivity index (χ1n) is 4.84. The second-order valence-electron chi connectivity index (χ2n) is 3.52. The average molecular weight is 285 g/mol. The number of hydrogen-bond donors (Lipinski definition) is 2. The minimum Gasteiger partial charge on any atom is -0.370 e. The summed E-state index contributed by atoms with van der Waals surface area (Å²) < 4.78 is 0.721. The van der Waals surface area contributed by atoms with Gasteiger partial charge in [0.2, 0.25) is 5.91 Å². The molecule has 1 aromatic carbocycles. The standard InChI is InChI=1S/C11H13BrN2O2/c1-7(6-10(13)15)14-11(16)8-4-2-3-5-9(8)12/h2-5,7H,6H2,1H3,(H2,13,15)(H,14,16). The van der Waals surface area contributed by atoms with E-state index in [1.807, 2.05) is 6.07 Å². The largest absolute Gasteiger partial charge is 0.370 e. The molecule has 5 heteroatoms. The van der Waals surface area contributed by atoms with Gasteiger partial charge in [-0.05, 0) is 35.0 Å². The molecule has 0 radical (unpaired) electrons. The number of amides is 2. The molecule has 0 spiro atoms. The van der Waals surface area contributed by atoms with Crippen molar-refractivity contribution in [1.82, 2.24) is 5.32 Å². The normalized spacial score (nSPS) is 11.9. The predicted molar refractivity (Wildman–Crippen MR) is 64.9 cm³/mol. The molecule has 3 N–H and O–H groups in total. The van der Waals surface area contributed by atoms with Crippen LogP contribution in [0.3, 0.4) is 0 Å². The molecular formula is C11H13BrN2O2. The molecule has 0 aliphatic rings. The van der Waals surface area contributed by atoms with Crippen molar-refractivity contribution in [3.8, 4) is 0 Å². The van der Waals surface area contributed by atoms with E-state index in [4.69, 9.17) is 5.73 Å². The molecule has 0 saturated heterocycles. The molecule has 1 unspecified atom stereocenters. The summed E-state index contributed by atoms with van der Waals surface area (Å²) in [5, 5.41) is 2.70. The summed E-state index contributed by atoms with van der Waals surface area (Å²) in [7, 11) is 0. The molecule has 1 rings (SSSR count). The zero-order valence-electron chi connectivity index (χ0n) is 8.87. The van der Waals surface area contributed by atoms with E-state index in [2.05, 4.69) is 21.2 Å². The van der Waals surface area contributed by atoms with E-state index in [9.17, 15) is 9.59 Å². The summed E-state index contributed by atoms with van der Waals surface area (Å²) in [4.78, 5) is 22.4. The minimum atomic E-state index is -0.431. The third kappa shape index (κ3) is 3.66. The third-order valence-corrected chi connectivity index (χ3v) is 2.69. The van der Waals surface area contributed by atoms with Gasteiger partial charge in [0.05, 0.1) is 5.56 Å². The molecule has 0 aromatic heterocycles. The van der Waals surface area contributed by atoms with E-state index in [1.54, 1.807) is 25.1 Å². The van der Waals surface area contributed by atoms with E-state index in [0.29, 0.717) is 5.56 Å². The van der Waals surface area contributed by atoms with Crippen LogP contribution in [0.2, 0.25) is 0 Å². The van der Waals surface area contributed by atoms with Crippen LogP contribution in [-0.2, 0) is 4.79 Å². The Morgan fingerprint density at radius 2 is 2.06 bits per heavy atom. The van der Waals surface area contributed by atoms with Gasteiger partial charge in [0.1, 0.15) is 0 Å². The van der Waals surface area contributed by atoms with Crippen LogP contribution in [0.4, 0.5) is 0 Å². The molecule has 86 valence electrons. The molecule has 4 nitrogen and oxygen atoms in total. The summed E-state index contributed by atoms with van der Waals surface area (Å²) in [5.41, 5.74) is 5.58. The third-order valence-electron chi connectivity index (χ3n) is 2.00. The second kappa shape index (κ2) is 5.65. The van der Waals surface area contributed by atoms with Crippen molar-refractivity contribution in [2.45, 2.75) is 19.4 Å². The molecule has 0 heterocycles. The van der Waals surface area contributed by atoms with Gasteiger partial charge in [-0.25, -0.2) is 0 Å². The van der Waals surface area contributed by atoms with Gasteiger partial charge >= 0.3 is 0 Å². The van der Waals surface area contributed by atoms with Gasteiger partial charge < -0.3 is 11.1 Å². The number of benzene rings is 1. The number of halogens is 1. The fourth-order valence-corrected chi connectivity index (χ4v) is 1.76. The number of nitrogens with one attached hydrogen (secondary N) is 1. The first-order chi connectivity index (χ1) is 7.50. The van der Waals surface area contributed by atoms with Gasteiger partial charge in [-0.15, -0.1) is 0 Å².